The summed E-state index contributed by atoms with van der Waals surface area (Å²) < 4.78 is 0. The highest BCUT2D eigenvalue weighted by molar-refractivity contribution is 6.33. The Kier molecular flexibility index (Phi) is 25.0. The molecule has 0 radical (unpaired) electrons. The fourth-order valence-corrected chi connectivity index (χ4v) is 5.67. The van der Waals surface area contributed by atoms with Gasteiger partial charge < -0.3 is 10.0 Å². The number of halogens is 1. The van der Waals surface area contributed by atoms with E-state index in [2.05, 4.69) is 28.6 Å². The highest BCUT2D eigenvalue weighted by Crippen LogP contribution is 2.29. The zero-order chi connectivity index (χ0) is 33.0. The van der Waals surface area contributed by atoms with E-state index in [1.807, 2.05) is 19.1 Å². The zero-order valence-electron chi connectivity index (χ0n) is 28.4. The Morgan fingerprint density at radius 2 is 1.33 bits per heavy atom. The second-order valence-corrected chi connectivity index (χ2v) is 12.5. The highest BCUT2D eigenvalue weighted by Gasteiger charge is 2.09. The average molecular weight is 645 g/mol. The van der Waals surface area contributed by atoms with Gasteiger partial charge in [0, 0.05) is 30.9 Å². The number of rotatable bonds is 29. The van der Waals surface area contributed by atoms with Crippen LogP contribution in [0, 0.1) is 10.1 Å². The van der Waals surface area contributed by atoms with Crippen molar-refractivity contribution in [3.8, 4) is 0 Å². The van der Waals surface area contributed by atoms with Gasteiger partial charge >= 0.3 is 0 Å². The molecule has 254 valence electrons. The van der Waals surface area contributed by atoms with Crippen molar-refractivity contribution in [2.24, 2.45) is 10.2 Å². The Balaban J connectivity index is 2.16. The van der Waals surface area contributed by atoms with Gasteiger partial charge in [0.2, 0.25) is 0 Å². The number of nitrogens with zero attached hydrogens (tertiary/aromatic N) is 4. The van der Waals surface area contributed by atoms with E-state index < -0.39 is 4.92 Å². The quantitative estimate of drug-likeness (QED) is 0.0309. The maximum Gasteiger partial charge on any atom is 0.271 e. The maximum absolute atomic E-state index is 10.9. The fraction of sp³-hybridized carbons (Fsp3) is 0.676. The van der Waals surface area contributed by atoms with Crippen LogP contribution in [0.4, 0.5) is 11.4 Å². The van der Waals surface area contributed by atoms with Crippen LogP contribution < -0.4 is 0 Å². The summed E-state index contributed by atoms with van der Waals surface area (Å²) in [6, 6.07) is 4.05. The lowest BCUT2D eigenvalue weighted by Crippen LogP contribution is -2.26. The Bertz CT molecular complexity index is 1020. The van der Waals surface area contributed by atoms with Gasteiger partial charge in [-0.2, -0.15) is 5.11 Å². The molecule has 7 nitrogen and oxygen atoms in total. The third-order valence-corrected chi connectivity index (χ3v) is 8.49. The molecule has 1 aromatic carbocycles. The predicted molar refractivity (Wildman–Crippen MR) is 191 cm³/mol. The number of allylic oxidation sites excluding steroid dienone is 3. The minimum Gasteiger partial charge on any atom is -0.395 e. The first kappa shape index (κ1) is 40.5. The lowest BCUT2D eigenvalue weighted by molar-refractivity contribution is -0.384. The number of hydrogen-bond donors (Lipinski definition) is 1. The topological polar surface area (TPSA) is 91.3 Å². The summed E-state index contributed by atoms with van der Waals surface area (Å²) in [7, 11) is 0. The Hall–Kier alpha value is -2.51. The van der Waals surface area contributed by atoms with Crippen molar-refractivity contribution < 1.29 is 10.0 Å². The van der Waals surface area contributed by atoms with E-state index in [1.165, 1.54) is 140 Å². The van der Waals surface area contributed by atoms with Gasteiger partial charge in [-0.15, -0.1) is 5.11 Å². The van der Waals surface area contributed by atoms with Gasteiger partial charge in [-0.05, 0) is 31.6 Å². The van der Waals surface area contributed by atoms with E-state index in [0.717, 1.165) is 18.7 Å². The van der Waals surface area contributed by atoms with Gasteiger partial charge in [-0.1, -0.05) is 153 Å². The Morgan fingerprint density at radius 3 is 1.76 bits per heavy atom. The molecule has 0 aliphatic heterocycles. The molecule has 0 bridgehead atoms. The predicted octanol–water partition coefficient (Wildman–Crippen LogP) is 12.4. The van der Waals surface area contributed by atoms with Gasteiger partial charge in [-0.25, -0.2) is 0 Å². The smallest absolute Gasteiger partial charge is 0.271 e. The summed E-state index contributed by atoms with van der Waals surface area (Å²) in [5.41, 5.74) is 1.65. The van der Waals surface area contributed by atoms with E-state index in [-0.39, 0.29) is 17.3 Å². The van der Waals surface area contributed by atoms with Crippen molar-refractivity contribution >= 4 is 23.0 Å². The summed E-state index contributed by atoms with van der Waals surface area (Å²) in [6.07, 6.45) is 33.1. The lowest BCUT2D eigenvalue weighted by Gasteiger charge is -2.25. The molecule has 1 N–H and O–H groups in total. The molecule has 0 aromatic heterocycles. The number of nitro benzene ring substituents is 1. The number of unbranched alkanes of at least 4 members (excludes halogenated alkanes) is 19. The van der Waals surface area contributed by atoms with Gasteiger partial charge in [0.1, 0.15) is 5.69 Å². The number of aliphatic hydroxyl groups excluding tert-OH is 1. The van der Waals surface area contributed by atoms with Crippen molar-refractivity contribution in [2.75, 3.05) is 19.7 Å². The van der Waals surface area contributed by atoms with Crippen LogP contribution in [-0.2, 0) is 0 Å². The molecule has 0 aliphatic carbocycles. The SMILES string of the molecule is C=C(/C=C\C(=C/C)N(CCO)CCCCCCCCCCCCCCCCCCCCCC)/N=N/c1ccc([N+](=O)[O-])cc1Cl. The van der Waals surface area contributed by atoms with Gasteiger partial charge in [0.25, 0.3) is 5.69 Å². The maximum atomic E-state index is 10.9. The number of hydrogen-bond acceptors (Lipinski definition) is 6. The van der Waals surface area contributed by atoms with Gasteiger partial charge in [-0.3, -0.25) is 10.1 Å². The van der Waals surface area contributed by atoms with Gasteiger partial charge in [0.05, 0.1) is 22.2 Å². The van der Waals surface area contributed by atoms with E-state index in [0.29, 0.717) is 17.9 Å². The Labute approximate surface area is 279 Å². The first-order valence-electron chi connectivity index (χ1n) is 17.7. The second kappa shape index (κ2) is 27.8. The van der Waals surface area contributed by atoms with Crippen molar-refractivity contribution in [3.63, 3.8) is 0 Å². The molecule has 1 aromatic rings. The fourth-order valence-electron chi connectivity index (χ4n) is 5.46. The third-order valence-electron chi connectivity index (χ3n) is 8.19. The molecule has 8 heteroatoms. The molecule has 0 unspecified atom stereocenters. The van der Waals surface area contributed by atoms with Crippen LogP contribution >= 0.6 is 11.6 Å². The number of benzene rings is 1. The number of nitro groups is 1. The summed E-state index contributed by atoms with van der Waals surface area (Å²) in [6.45, 7) is 9.72. The molecule has 45 heavy (non-hydrogen) atoms. The molecule has 0 saturated heterocycles. The van der Waals surface area contributed by atoms with Crippen molar-refractivity contribution in [1.82, 2.24) is 4.90 Å². The standard InChI is InChI=1S/C37H61ClN4O3/c1-4-6-7-8-9-10-11-12-13-14-15-16-17-18-19-20-21-22-23-24-29-41(30-31-43)34(5-2)26-25-33(3)39-40-37-28-27-35(42(44)45)32-36(37)38/h5,25-28,32,43H,3-4,6-24,29-31H2,1-2H3/b26-25-,34-5+,40-39+. The highest BCUT2D eigenvalue weighted by atomic mass is 35.5. The first-order valence-corrected chi connectivity index (χ1v) is 18.1. The van der Waals surface area contributed by atoms with Crippen LogP contribution in [0.25, 0.3) is 0 Å². The second-order valence-electron chi connectivity index (χ2n) is 12.1. The monoisotopic (exact) mass is 644 g/mol. The zero-order valence-corrected chi connectivity index (χ0v) is 29.1. The molecule has 0 aliphatic rings. The van der Waals surface area contributed by atoms with E-state index >= 15 is 0 Å². The van der Waals surface area contributed by atoms with Gasteiger partial charge in [0.15, 0.2) is 0 Å². The summed E-state index contributed by atoms with van der Waals surface area (Å²) in [5.74, 6) is 0. The molecule has 0 atom stereocenters. The Morgan fingerprint density at radius 1 is 0.844 bits per heavy atom. The van der Waals surface area contributed by atoms with Crippen molar-refractivity contribution in [1.29, 1.82) is 0 Å². The minimum absolute atomic E-state index is 0.0870. The van der Waals surface area contributed by atoms with Crippen molar-refractivity contribution in [2.45, 2.75) is 142 Å². The van der Waals surface area contributed by atoms with Crippen LogP contribution in [0.15, 0.2) is 64.6 Å². The summed E-state index contributed by atoms with van der Waals surface area (Å²) in [5, 5.41) is 28.8. The summed E-state index contributed by atoms with van der Waals surface area (Å²) >= 11 is 6.09. The van der Waals surface area contributed by atoms with Crippen molar-refractivity contribution in [3.05, 3.63) is 69.5 Å². The largest absolute Gasteiger partial charge is 0.395 e. The molecule has 0 heterocycles. The van der Waals surface area contributed by atoms with Crippen LogP contribution in [0.5, 0.6) is 0 Å². The molecule has 0 spiro atoms. The molecular weight excluding hydrogens is 584 g/mol. The van der Waals surface area contributed by atoms with E-state index in [9.17, 15) is 15.2 Å². The lowest BCUT2D eigenvalue weighted by atomic mass is 10.0. The molecular formula is C37H61ClN4O3. The number of azo groups is 1. The third kappa shape index (κ3) is 21.0. The normalized spacial score (nSPS) is 12.0. The summed E-state index contributed by atoms with van der Waals surface area (Å²) in [4.78, 5) is 12.6. The average Bonchev–Trinajstić information content (AvgIpc) is 3.03. The first-order chi connectivity index (χ1) is 21.9. The van der Waals surface area contributed by atoms with E-state index in [1.54, 1.807) is 6.08 Å². The number of aliphatic hydroxyl groups is 1. The van der Waals surface area contributed by atoms with Crippen LogP contribution in [0.3, 0.4) is 0 Å². The minimum atomic E-state index is -0.507. The van der Waals surface area contributed by atoms with Crippen LogP contribution in [-0.4, -0.2) is 34.6 Å². The van der Waals surface area contributed by atoms with E-state index in [4.69, 9.17) is 11.6 Å². The molecule has 0 saturated carbocycles. The molecule has 0 amide bonds. The number of non-ortho nitro benzene ring substituents is 1. The van der Waals surface area contributed by atoms with Crippen LogP contribution in [0.1, 0.15) is 142 Å². The van der Waals surface area contributed by atoms with Crippen LogP contribution in [0.2, 0.25) is 5.02 Å². The molecule has 1 rings (SSSR count). The molecule has 0 fully saturated rings.